The molecule has 2 heterocycles. The summed E-state index contributed by atoms with van der Waals surface area (Å²) in [6.45, 7) is 2.42. The van der Waals surface area contributed by atoms with E-state index in [2.05, 4.69) is 15.9 Å². The number of piperidine rings is 1. The molecule has 1 aromatic rings. The molecule has 0 aliphatic carbocycles. The summed E-state index contributed by atoms with van der Waals surface area (Å²) in [4.78, 5) is 25.9. The second-order valence-corrected chi connectivity index (χ2v) is 6.04. The zero-order valence-electron chi connectivity index (χ0n) is 9.93. The molecule has 0 aromatic carbocycles. The molecule has 18 heavy (non-hydrogen) atoms. The van der Waals surface area contributed by atoms with E-state index >= 15 is 0 Å². The summed E-state index contributed by atoms with van der Waals surface area (Å²) < 4.78 is 0.886. The van der Waals surface area contributed by atoms with Crippen LogP contribution >= 0.6 is 27.3 Å². The molecule has 4 nitrogen and oxygen atoms in total. The first kappa shape index (κ1) is 13.5. The topological polar surface area (TPSA) is 57.6 Å². The average molecular weight is 332 g/mol. The fraction of sp³-hybridized carbons (Fsp3) is 0.500. The number of carboxylic acids is 1. The van der Waals surface area contributed by atoms with Crippen LogP contribution in [0.1, 0.15) is 30.7 Å². The summed E-state index contributed by atoms with van der Waals surface area (Å²) in [5, 5.41) is 11.3. The highest BCUT2D eigenvalue weighted by Gasteiger charge is 2.41. The molecule has 2 unspecified atom stereocenters. The Hall–Kier alpha value is -0.880. The smallest absolute Gasteiger partial charge is 0.308 e. The van der Waals surface area contributed by atoms with Crippen molar-refractivity contribution >= 4 is 39.1 Å². The lowest BCUT2D eigenvalue weighted by molar-refractivity contribution is -0.151. The maximum Gasteiger partial charge on any atom is 0.308 e. The molecular formula is C12H14BrNO3S. The van der Waals surface area contributed by atoms with Gasteiger partial charge >= 0.3 is 5.97 Å². The number of amides is 1. The van der Waals surface area contributed by atoms with Crippen molar-refractivity contribution in [3.8, 4) is 0 Å². The number of nitrogens with zero attached hydrogens (tertiary/aromatic N) is 1. The lowest BCUT2D eigenvalue weighted by Crippen LogP contribution is -2.44. The molecule has 1 amide bonds. The van der Waals surface area contributed by atoms with Crippen LogP contribution in [0.25, 0.3) is 0 Å². The van der Waals surface area contributed by atoms with Gasteiger partial charge in [-0.15, -0.1) is 11.3 Å². The van der Waals surface area contributed by atoms with Gasteiger partial charge in [0.15, 0.2) is 0 Å². The number of likely N-dealkylation sites (tertiary alicyclic amines) is 1. The summed E-state index contributed by atoms with van der Waals surface area (Å²) in [5.41, 5.74) is 0. The standard InChI is InChI=1S/C12H14BrNO3S/c1-2-14-9(15)4-3-7(12(16)17)10(14)11-8(13)5-6-18-11/h5-7,10H,2-4H2,1H3,(H,16,17). The maximum absolute atomic E-state index is 11.9. The Bertz CT molecular complexity index is 472. The van der Waals surface area contributed by atoms with Crippen LogP contribution in [0.2, 0.25) is 0 Å². The predicted molar refractivity (Wildman–Crippen MR) is 72.5 cm³/mol. The van der Waals surface area contributed by atoms with Gasteiger partial charge in [0.2, 0.25) is 5.91 Å². The number of carbonyl (C=O) groups is 2. The molecule has 1 N–H and O–H groups in total. The number of hydrogen-bond acceptors (Lipinski definition) is 3. The van der Waals surface area contributed by atoms with Crippen LogP contribution < -0.4 is 0 Å². The van der Waals surface area contributed by atoms with Gasteiger partial charge < -0.3 is 10.0 Å². The van der Waals surface area contributed by atoms with Gasteiger partial charge in [-0.3, -0.25) is 9.59 Å². The van der Waals surface area contributed by atoms with Crippen LogP contribution in [-0.2, 0) is 9.59 Å². The van der Waals surface area contributed by atoms with Crippen LogP contribution in [0.5, 0.6) is 0 Å². The summed E-state index contributed by atoms with van der Waals surface area (Å²) in [6.07, 6.45) is 0.740. The third-order valence-corrected chi connectivity index (χ3v) is 5.22. The maximum atomic E-state index is 11.9. The highest BCUT2D eigenvalue weighted by atomic mass is 79.9. The Labute approximate surface area is 118 Å². The van der Waals surface area contributed by atoms with Crippen LogP contribution in [0.4, 0.5) is 0 Å². The number of thiophene rings is 1. The first-order chi connectivity index (χ1) is 8.56. The molecule has 98 valence electrons. The molecule has 0 spiro atoms. The molecule has 1 aliphatic heterocycles. The summed E-state index contributed by atoms with van der Waals surface area (Å²) in [5.74, 6) is -1.30. The average Bonchev–Trinajstić information content (AvgIpc) is 2.74. The molecule has 1 fully saturated rings. The van der Waals surface area contributed by atoms with Crippen molar-refractivity contribution in [1.82, 2.24) is 4.90 Å². The molecule has 1 saturated heterocycles. The fourth-order valence-electron chi connectivity index (χ4n) is 2.43. The Kier molecular flexibility index (Phi) is 4.07. The summed E-state index contributed by atoms with van der Waals surface area (Å²) in [7, 11) is 0. The Balaban J connectivity index is 2.43. The minimum absolute atomic E-state index is 0.0419. The van der Waals surface area contributed by atoms with Crippen LogP contribution in [0.3, 0.4) is 0 Å². The third-order valence-electron chi connectivity index (χ3n) is 3.28. The van der Waals surface area contributed by atoms with E-state index in [-0.39, 0.29) is 11.9 Å². The third kappa shape index (κ3) is 2.31. The van der Waals surface area contributed by atoms with Crippen molar-refractivity contribution in [2.75, 3.05) is 6.54 Å². The SMILES string of the molecule is CCN1C(=O)CCC(C(=O)O)C1c1sccc1Br. The first-order valence-electron chi connectivity index (χ1n) is 5.81. The van der Waals surface area contributed by atoms with E-state index in [9.17, 15) is 14.7 Å². The zero-order valence-corrected chi connectivity index (χ0v) is 12.3. The van der Waals surface area contributed by atoms with Crippen molar-refractivity contribution < 1.29 is 14.7 Å². The van der Waals surface area contributed by atoms with Gasteiger partial charge in [-0.2, -0.15) is 0 Å². The van der Waals surface area contributed by atoms with E-state index in [4.69, 9.17) is 0 Å². The molecular weight excluding hydrogens is 318 g/mol. The van der Waals surface area contributed by atoms with E-state index < -0.39 is 11.9 Å². The number of carbonyl (C=O) groups excluding carboxylic acids is 1. The summed E-state index contributed by atoms with van der Waals surface area (Å²) in [6, 6.07) is 1.55. The van der Waals surface area contributed by atoms with Crippen LogP contribution in [0.15, 0.2) is 15.9 Å². The van der Waals surface area contributed by atoms with E-state index in [0.717, 1.165) is 9.35 Å². The molecule has 1 aliphatic rings. The zero-order chi connectivity index (χ0) is 13.3. The van der Waals surface area contributed by atoms with Gasteiger partial charge in [0, 0.05) is 22.3 Å². The lowest BCUT2D eigenvalue weighted by Gasteiger charge is -2.38. The van der Waals surface area contributed by atoms with Crippen LogP contribution in [-0.4, -0.2) is 28.4 Å². The van der Waals surface area contributed by atoms with Crippen molar-refractivity contribution in [3.05, 3.63) is 20.8 Å². The van der Waals surface area contributed by atoms with E-state index in [1.807, 2.05) is 18.4 Å². The molecule has 0 saturated carbocycles. The predicted octanol–water partition coefficient (Wildman–Crippen LogP) is 2.89. The molecule has 6 heteroatoms. The summed E-state index contributed by atoms with van der Waals surface area (Å²) >= 11 is 4.93. The van der Waals surface area contributed by atoms with Crippen molar-refractivity contribution in [3.63, 3.8) is 0 Å². The highest BCUT2D eigenvalue weighted by Crippen LogP contribution is 2.42. The van der Waals surface area contributed by atoms with Crippen molar-refractivity contribution in [2.24, 2.45) is 5.92 Å². The normalized spacial score (nSPS) is 24.3. The van der Waals surface area contributed by atoms with Crippen LogP contribution in [0, 0.1) is 5.92 Å². The highest BCUT2D eigenvalue weighted by molar-refractivity contribution is 9.10. The fourth-order valence-corrected chi connectivity index (χ4v) is 4.21. The molecule has 0 bridgehead atoms. The van der Waals surface area contributed by atoms with Gasteiger partial charge in [0.25, 0.3) is 0 Å². The number of aliphatic carboxylic acids is 1. The largest absolute Gasteiger partial charge is 0.481 e. The van der Waals surface area contributed by atoms with E-state index in [1.54, 1.807) is 4.90 Å². The Morgan fingerprint density at radius 1 is 1.67 bits per heavy atom. The number of halogens is 1. The van der Waals surface area contributed by atoms with Gasteiger partial charge in [-0.05, 0) is 40.7 Å². The Morgan fingerprint density at radius 2 is 2.39 bits per heavy atom. The second kappa shape index (κ2) is 5.40. The molecule has 1 aromatic heterocycles. The minimum Gasteiger partial charge on any atom is -0.481 e. The lowest BCUT2D eigenvalue weighted by atomic mass is 9.88. The van der Waals surface area contributed by atoms with Crippen molar-refractivity contribution in [1.29, 1.82) is 0 Å². The first-order valence-corrected chi connectivity index (χ1v) is 7.48. The van der Waals surface area contributed by atoms with Crippen molar-refractivity contribution in [2.45, 2.75) is 25.8 Å². The van der Waals surface area contributed by atoms with E-state index in [1.165, 1.54) is 11.3 Å². The molecule has 2 atom stereocenters. The molecule has 0 radical (unpaired) electrons. The number of carboxylic acid groups (broad SMARTS) is 1. The Morgan fingerprint density at radius 3 is 2.89 bits per heavy atom. The van der Waals surface area contributed by atoms with Gasteiger partial charge in [0.05, 0.1) is 12.0 Å². The number of rotatable bonds is 3. The van der Waals surface area contributed by atoms with Gasteiger partial charge in [-0.25, -0.2) is 0 Å². The van der Waals surface area contributed by atoms with E-state index in [0.29, 0.717) is 19.4 Å². The van der Waals surface area contributed by atoms with Gasteiger partial charge in [-0.1, -0.05) is 0 Å². The quantitative estimate of drug-likeness (QED) is 0.926. The molecule has 2 rings (SSSR count). The van der Waals surface area contributed by atoms with Gasteiger partial charge in [0.1, 0.15) is 0 Å². The second-order valence-electron chi connectivity index (χ2n) is 4.24. The monoisotopic (exact) mass is 331 g/mol. The minimum atomic E-state index is -0.828. The number of hydrogen-bond donors (Lipinski definition) is 1.